The molecular formula is C18H21F3N4O2. The van der Waals surface area contributed by atoms with Crippen molar-refractivity contribution in [3.05, 3.63) is 46.8 Å². The van der Waals surface area contributed by atoms with E-state index in [-0.39, 0.29) is 11.8 Å². The molecule has 0 aliphatic carbocycles. The van der Waals surface area contributed by atoms with Gasteiger partial charge in [0.2, 0.25) is 0 Å². The highest BCUT2D eigenvalue weighted by Gasteiger charge is 2.33. The lowest BCUT2D eigenvalue weighted by molar-refractivity contribution is -0.141. The van der Waals surface area contributed by atoms with Crippen LogP contribution in [0, 0.1) is 6.92 Å². The van der Waals surface area contributed by atoms with Crippen LogP contribution in [0.25, 0.3) is 0 Å². The fourth-order valence-electron chi connectivity index (χ4n) is 3.04. The topological polar surface area (TPSA) is 70.2 Å². The van der Waals surface area contributed by atoms with Gasteiger partial charge in [-0.1, -0.05) is 17.7 Å². The zero-order chi connectivity index (χ0) is 19.6. The van der Waals surface area contributed by atoms with Gasteiger partial charge in [0.15, 0.2) is 5.69 Å². The SMILES string of the molecule is Cc1ccc2c(c1)CN(CCNC(=O)c1cc(C(F)(F)F)[nH]n1)CC(C)O2. The van der Waals surface area contributed by atoms with Crippen LogP contribution in [-0.4, -0.2) is 46.7 Å². The van der Waals surface area contributed by atoms with Gasteiger partial charge in [0.1, 0.15) is 17.5 Å². The predicted octanol–water partition coefficient (Wildman–Crippen LogP) is 2.75. The second-order valence-corrected chi connectivity index (χ2v) is 6.70. The number of aryl methyl sites for hydroxylation is 1. The van der Waals surface area contributed by atoms with Crippen LogP contribution in [0.5, 0.6) is 5.75 Å². The number of aromatic amines is 1. The number of fused-ring (bicyclic) bond motifs is 1. The fraction of sp³-hybridized carbons (Fsp3) is 0.444. The number of amides is 1. The summed E-state index contributed by atoms with van der Waals surface area (Å²) in [6.07, 6.45) is -4.57. The van der Waals surface area contributed by atoms with E-state index in [1.165, 1.54) is 0 Å². The van der Waals surface area contributed by atoms with Crippen molar-refractivity contribution in [2.75, 3.05) is 19.6 Å². The lowest BCUT2D eigenvalue weighted by atomic mass is 10.1. The maximum Gasteiger partial charge on any atom is 0.432 e. The summed E-state index contributed by atoms with van der Waals surface area (Å²) in [6, 6.07) is 6.74. The minimum Gasteiger partial charge on any atom is -0.489 e. The molecular weight excluding hydrogens is 361 g/mol. The average Bonchev–Trinajstić information content (AvgIpc) is 3.02. The summed E-state index contributed by atoms with van der Waals surface area (Å²) >= 11 is 0. The molecule has 1 aromatic heterocycles. The number of aromatic nitrogens is 2. The Balaban J connectivity index is 1.56. The molecule has 3 rings (SSSR count). The average molecular weight is 382 g/mol. The van der Waals surface area contributed by atoms with Gasteiger partial charge in [-0.05, 0) is 19.9 Å². The molecule has 27 heavy (non-hydrogen) atoms. The molecule has 1 unspecified atom stereocenters. The van der Waals surface area contributed by atoms with Crippen LogP contribution >= 0.6 is 0 Å². The van der Waals surface area contributed by atoms with Crippen molar-refractivity contribution in [1.29, 1.82) is 0 Å². The third-order valence-electron chi connectivity index (χ3n) is 4.28. The third-order valence-corrected chi connectivity index (χ3v) is 4.28. The van der Waals surface area contributed by atoms with Crippen molar-refractivity contribution in [2.45, 2.75) is 32.7 Å². The van der Waals surface area contributed by atoms with Crippen LogP contribution in [0.15, 0.2) is 24.3 Å². The maximum atomic E-state index is 12.6. The minimum atomic E-state index is -4.56. The Morgan fingerprint density at radius 1 is 1.41 bits per heavy atom. The lowest BCUT2D eigenvalue weighted by Gasteiger charge is -2.21. The molecule has 1 amide bonds. The van der Waals surface area contributed by atoms with Crippen molar-refractivity contribution in [2.24, 2.45) is 0 Å². The number of carbonyl (C=O) groups excluding carboxylic acids is 1. The molecule has 0 spiro atoms. The summed E-state index contributed by atoms with van der Waals surface area (Å²) in [4.78, 5) is 14.1. The smallest absolute Gasteiger partial charge is 0.432 e. The van der Waals surface area contributed by atoms with Crippen molar-refractivity contribution < 1.29 is 22.7 Å². The fourth-order valence-corrected chi connectivity index (χ4v) is 3.04. The van der Waals surface area contributed by atoms with Crippen LogP contribution < -0.4 is 10.1 Å². The van der Waals surface area contributed by atoms with Crippen molar-refractivity contribution >= 4 is 5.91 Å². The second-order valence-electron chi connectivity index (χ2n) is 6.70. The van der Waals surface area contributed by atoms with Gasteiger partial charge in [-0.25, -0.2) is 0 Å². The second kappa shape index (κ2) is 7.59. The first-order valence-electron chi connectivity index (χ1n) is 8.61. The Kier molecular flexibility index (Phi) is 5.41. The van der Waals surface area contributed by atoms with E-state index in [2.05, 4.69) is 21.4 Å². The van der Waals surface area contributed by atoms with E-state index in [1.54, 1.807) is 0 Å². The first-order valence-corrected chi connectivity index (χ1v) is 8.61. The summed E-state index contributed by atoms with van der Waals surface area (Å²) in [5, 5.41) is 7.87. The van der Waals surface area contributed by atoms with Crippen molar-refractivity contribution in [1.82, 2.24) is 20.4 Å². The molecule has 6 nitrogen and oxygen atoms in total. The van der Waals surface area contributed by atoms with E-state index < -0.39 is 17.8 Å². The molecule has 1 aromatic carbocycles. The van der Waals surface area contributed by atoms with E-state index in [0.717, 1.165) is 16.9 Å². The van der Waals surface area contributed by atoms with Gasteiger partial charge >= 0.3 is 6.18 Å². The molecule has 0 radical (unpaired) electrons. The Labute approximate surface area is 154 Å². The van der Waals surface area contributed by atoms with Gasteiger partial charge in [0.05, 0.1) is 0 Å². The van der Waals surface area contributed by atoms with Crippen LogP contribution in [0.2, 0.25) is 0 Å². The summed E-state index contributed by atoms with van der Waals surface area (Å²) < 4.78 is 43.6. The Morgan fingerprint density at radius 3 is 2.89 bits per heavy atom. The lowest BCUT2D eigenvalue weighted by Crippen LogP contribution is -2.37. The highest BCUT2D eigenvalue weighted by atomic mass is 19.4. The first-order chi connectivity index (χ1) is 12.7. The van der Waals surface area contributed by atoms with E-state index >= 15 is 0 Å². The number of halogens is 3. The summed E-state index contributed by atoms with van der Waals surface area (Å²) in [6.45, 7) is 6.19. The molecule has 1 aliphatic rings. The maximum absolute atomic E-state index is 12.6. The van der Waals surface area contributed by atoms with E-state index in [9.17, 15) is 18.0 Å². The first kappa shape index (κ1) is 19.2. The molecule has 0 saturated carbocycles. The number of nitrogens with zero attached hydrogens (tertiary/aromatic N) is 2. The van der Waals surface area contributed by atoms with E-state index in [0.29, 0.717) is 32.2 Å². The molecule has 146 valence electrons. The van der Waals surface area contributed by atoms with Crippen LogP contribution in [0.3, 0.4) is 0 Å². The largest absolute Gasteiger partial charge is 0.489 e. The summed E-state index contributed by atoms with van der Waals surface area (Å²) in [5.74, 6) is 0.216. The standard InChI is InChI=1S/C18H21F3N4O2/c1-11-3-4-15-13(7-11)10-25(9-12(2)27-15)6-5-22-17(26)14-8-16(24-23-14)18(19,20)21/h3-4,7-8,12H,5-6,9-10H2,1-2H3,(H,22,26)(H,23,24). The summed E-state index contributed by atoms with van der Waals surface area (Å²) in [5.41, 5.74) is 0.890. The number of benzene rings is 1. The van der Waals surface area contributed by atoms with Gasteiger partial charge in [-0.2, -0.15) is 18.3 Å². The Morgan fingerprint density at radius 2 is 2.19 bits per heavy atom. The molecule has 0 saturated heterocycles. The van der Waals surface area contributed by atoms with Crippen LogP contribution in [0.1, 0.15) is 34.2 Å². The number of rotatable bonds is 4. The number of alkyl halides is 3. The number of H-pyrrole nitrogens is 1. The molecule has 2 N–H and O–H groups in total. The highest BCUT2D eigenvalue weighted by Crippen LogP contribution is 2.28. The molecule has 0 bridgehead atoms. The van der Waals surface area contributed by atoms with Crippen LogP contribution in [-0.2, 0) is 12.7 Å². The number of carbonyl (C=O) groups is 1. The van der Waals surface area contributed by atoms with Gasteiger partial charge in [0, 0.05) is 37.8 Å². The molecule has 9 heteroatoms. The van der Waals surface area contributed by atoms with Crippen molar-refractivity contribution in [3.63, 3.8) is 0 Å². The quantitative estimate of drug-likeness (QED) is 0.853. The van der Waals surface area contributed by atoms with Crippen molar-refractivity contribution in [3.8, 4) is 5.75 Å². The van der Waals surface area contributed by atoms with E-state index in [1.807, 2.05) is 31.1 Å². The molecule has 1 atom stereocenters. The molecule has 2 heterocycles. The number of hydrogen-bond acceptors (Lipinski definition) is 4. The van der Waals surface area contributed by atoms with Gasteiger partial charge in [-0.15, -0.1) is 0 Å². The Bertz CT molecular complexity index is 819. The zero-order valence-electron chi connectivity index (χ0n) is 15.1. The van der Waals surface area contributed by atoms with Crippen LogP contribution in [0.4, 0.5) is 13.2 Å². The highest BCUT2D eigenvalue weighted by molar-refractivity contribution is 5.92. The number of ether oxygens (including phenoxy) is 1. The van der Waals surface area contributed by atoms with E-state index in [4.69, 9.17) is 4.74 Å². The minimum absolute atomic E-state index is 0.00894. The third kappa shape index (κ3) is 4.79. The normalized spacial score (nSPS) is 17.7. The monoisotopic (exact) mass is 382 g/mol. The molecule has 0 fully saturated rings. The zero-order valence-corrected chi connectivity index (χ0v) is 15.1. The number of nitrogens with one attached hydrogen (secondary N) is 2. The molecule has 2 aromatic rings. The summed E-state index contributed by atoms with van der Waals surface area (Å²) in [7, 11) is 0. The predicted molar refractivity (Wildman–Crippen MR) is 92.5 cm³/mol. The number of hydrogen-bond donors (Lipinski definition) is 2. The van der Waals surface area contributed by atoms with Gasteiger partial charge < -0.3 is 10.1 Å². The Hall–Kier alpha value is -2.55. The van der Waals surface area contributed by atoms with Gasteiger partial charge in [0.25, 0.3) is 5.91 Å². The molecule has 1 aliphatic heterocycles. The van der Waals surface area contributed by atoms with Gasteiger partial charge in [-0.3, -0.25) is 14.8 Å².